The van der Waals surface area contributed by atoms with E-state index in [-0.39, 0.29) is 30.1 Å². The average Bonchev–Trinajstić information content (AvgIpc) is 2.93. The van der Waals surface area contributed by atoms with Crippen molar-refractivity contribution in [2.75, 3.05) is 6.61 Å². The molecule has 3 atom stereocenters. The molecule has 1 aliphatic carbocycles. The molecule has 0 spiro atoms. The summed E-state index contributed by atoms with van der Waals surface area (Å²) < 4.78 is 0. The van der Waals surface area contributed by atoms with E-state index in [0.29, 0.717) is 12.2 Å². The number of unbranched alkanes of at least 4 members (excludes halogenated alkanes) is 5. The van der Waals surface area contributed by atoms with Crippen LogP contribution in [0.1, 0.15) is 84.5 Å². The second kappa shape index (κ2) is 12.4. The van der Waals surface area contributed by atoms with Gasteiger partial charge in [-0.05, 0) is 37.7 Å². The Morgan fingerprint density at radius 2 is 1.92 bits per heavy atom. The van der Waals surface area contributed by atoms with E-state index < -0.39 is 0 Å². The normalized spacial score (nSPS) is 22.4. The highest BCUT2D eigenvalue weighted by atomic mass is 16.2. The summed E-state index contributed by atoms with van der Waals surface area (Å²) in [7, 11) is 0. The molecule has 0 aliphatic heterocycles. The van der Waals surface area contributed by atoms with Crippen LogP contribution in [-0.4, -0.2) is 23.3 Å². The summed E-state index contributed by atoms with van der Waals surface area (Å²) >= 11 is 0. The second-order valence-corrected chi connectivity index (χ2v) is 7.36. The van der Waals surface area contributed by atoms with E-state index in [1.807, 2.05) is 13.0 Å². The fraction of sp³-hybridized carbons (Fsp3) is 0.810. The quantitative estimate of drug-likeness (QED) is 0.386. The van der Waals surface area contributed by atoms with Gasteiger partial charge in [0.05, 0.1) is 0 Å². The summed E-state index contributed by atoms with van der Waals surface area (Å²) in [4.78, 5) is 24.3. The molecule has 0 bridgehead atoms. The van der Waals surface area contributed by atoms with Crippen LogP contribution in [0.2, 0.25) is 0 Å². The van der Waals surface area contributed by atoms with E-state index in [9.17, 15) is 9.59 Å². The van der Waals surface area contributed by atoms with Crippen LogP contribution in [-0.2, 0) is 9.59 Å². The highest BCUT2D eigenvalue weighted by molar-refractivity contribution is 5.91. The van der Waals surface area contributed by atoms with Gasteiger partial charge in [0, 0.05) is 24.9 Å². The number of allylic oxidation sites excluding steroid dienone is 2. The molecular formula is C21H36O3. The summed E-state index contributed by atoms with van der Waals surface area (Å²) in [6.07, 6.45) is 14.8. The molecule has 138 valence electrons. The average molecular weight is 337 g/mol. The number of carbonyl (C=O) groups is 2. The minimum Gasteiger partial charge on any atom is -0.396 e. The van der Waals surface area contributed by atoms with Gasteiger partial charge < -0.3 is 5.11 Å². The van der Waals surface area contributed by atoms with Gasteiger partial charge in [-0.15, -0.1) is 0 Å². The molecule has 1 aliphatic rings. The fourth-order valence-corrected chi connectivity index (χ4v) is 3.58. The van der Waals surface area contributed by atoms with Gasteiger partial charge in [0.2, 0.25) is 0 Å². The van der Waals surface area contributed by atoms with Gasteiger partial charge in [-0.25, -0.2) is 0 Å². The summed E-state index contributed by atoms with van der Waals surface area (Å²) in [5, 5.41) is 8.78. The molecule has 3 nitrogen and oxygen atoms in total. The Morgan fingerprint density at radius 3 is 2.62 bits per heavy atom. The van der Waals surface area contributed by atoms with E-state index in [2.05, 4.69) is 6.92 Å². The van der Waals surface area contributed by atoms with Crippen molar-refractivity contribution in [3.05, 3.63) is 12.2 Å². The number of rotatable bonds is 13. The Morgan fingerprint density at radius 1 is 1.21 bits per heavy atom. The van der Waals surface area contributed by atoms with Crippen LogP contribution in [0.25, 0.3) is 0 Å². The van der Waals surface area contributed by atoms with Gasteiger partial charge in [0.1, 0.15) is 5.78 Å². The van der Waals surface area contributed by atoms with Crippen LogP contribution in [0.4, 0.5) is 0 Å². The van der Waals surface area contributed by atoms with E-state index in [0.717, 1.165) is 64.2 Å². The first-order chi connectivity index (χ1) is 11.6. The fourth-order valence-electron chi connectivity index (χ4n) is 3.58. The van der Waals surface area contributed by atoms with Crippen molar-refractivity contribution in [3.8, 4) is 0 Å². The Labute approximate surface area is 147 Å². The predicted octanol–water partition coefficient (Wildman–Crippen LogP) is 4.87. The van der Waals surface area contributed by atoms with Gasteiger partial charge in [0.15, 0.2) is 5.78 Å². The third kappa shape index (κ3) is 7.74. The molecule has 0 amide bonds. The molecule has 3 unspecified atom stereocenters. The zero-order chi connectivity index (χ0) is 17.8. The molecule has 24 heavy (non-hydrogen) atoms. The lowest BCUT2D eigenvalue weighted by molar-refractivity contribution is -0.121. The van der Waals surface area contributed by atoms with Crippen LogP contribution in [0.3, 0.4) is 0 Å². The van der Waals surface area contributed by atoms with Gasteiger partial charge in [-0.1, -0.05) is 58.4 Å². The van der Waals surface area contributed by atoms with Crippen LogP contribution in [0, 0.1) is 17.8 Å². The van der Waals surface area contributed by atoms with Gasteiger partial charge in [0.25, 0.3) is 0 Å². The van der Waals surface area contributed by atoms with Gasteiger partial charge in [-0.2, -0.15) is 0 Å². The van der Waals surface area contributed by atoms with E-state index in [1.54, 1.807) is 6.08 Å². The lowest BCUT2D eigenvalue weighted by Crippen LogP contribution is -2.14. The van der Waals surface area contributed by atoms with Crippen LogP contribution in [0.15, 0.2) is 12.2 Å². The van der Waals surface area contributed by atoms with Crippen molar-refractivity contribution >= 4 is 11.6 Å². The van der Waals surface area contributed by atoms with E-state index in [1.165, 1.54) is 0 Å². The SMILES string of the molecule is CCCCC(C)C(=O)C=CC1CCC(=O)C1CCCCCCCO. The Kier molecular flexibility index (Phi) is 10.9. The third-order valence-corrected chi connectivity index (χ3v) is 5.31. The second-order valence-electron chi connectivity index (χ2n) is 7.36. The number of hydrogen-bond acceptors (Lipinski definition) is 3. The lowest BCUT2D eigenvalue weighted by atomic mass is 9.88. The first kappa shape index (κ1) is 21.1. The number of Topliss-reactive ketones (excluding diaryl/α,β-unsaturated/α-hetero) is 1. The Balaban J connectivity index is 2.38. The molecule has 0 aromatic rings. The molecule has 0 aromatic carbocycles. The maximum Gasteiger partial charge on any atom is 0.158 e. The Bertz CT molecular complexity index is 400. The predicted molar refractivity (Wildman–Crippen MR) is 98.8 cm³/mol. The molecule has 0 radical (unpaired) electrons. The summed E-state index contributed by atoms with van der Waals surface area (Å²) in [6, 6.07) is 0. The molecule has 1 rings (SSSR count). The molecule has 0 heterocycles. The summed E-state index contributed by atoms with van der Waals surface area (Å²) in [6.45, 7) is 4.43. The topological polar surface area (TPSA) is 54.4 Å². The monoisotopic (exact) mass is 336 g/mol. The summed E-state index contributed by atoms with van der Waals surface area (Å²) in [5.74, 6) is 1.08. The molecule has 1 N–H and O–H groups in total. The van der Waals surface area contributed by atoms with Crippen molar-refractivity contribution in [3.63, 3.8) is 0 Å². The summed E-state index contributed by atoms with van der Waals surface area (Å²) in [5.41, 5.74) is 0. The van der Waals surface area contributed by atoms with E-state index >= 15 is 0 Å². The Hall–Kier alpha value is -0.960. The zero-order valence-corrected chi connectivity index (χ0v) is 15.6. The maximum absolute atomic E-state index is 12.2. The van der Waals surface area contributed by atoms with Crippen molar-refractivity contribution < 1.29 is 14.7 Å². The number of carbonyl (C=O) groups excluding carboxylic acids is 2. The first-order valence-corrected chi connectivity index (χ1v) is 9.95. The van der Waals surface area contributed by atoms with Gasteiger partial charge in [-0.3, -0.25) is 9.59 Å². The molecule has 1 saturated carbocycles. The lowest BCUT2D eigenvalue weighted by Gasteiger charge is -2.15. The van der Waals surface area contributed by atoms with Crippen molar-refractivity contribution in [1.82, 2.24) is 0 Å². The number of ketones is 2. The third-order valence-electron chi connectivity index (χ3n) is 5.31. The molecule has 3 heteroatoms. The van der Waals surface area contributed by atoms with Crippen molar-refractivity contribution in [1.29, 1.82) is 0 Å². The van der Waals surface area contributed by atoms with Crippen molar-refractivity contribution in [2.24, 2.45) is 17.8 Å². The molecule has 1 fully saturated rings. The molecule has 0 aromatic heterocycles. The number of hydrogen-bond donors (Lipinski definition) is 1. The molecular weight excluding hydrogens is 300 g/mol. The van der Waals surface area contributed by atoms with E-state index in [4.69, 9.17) is 5.11 Å². The van der Waals surface area contributed by atoms with Gasteiger partial charge >= 0.3 is 0 Å². The maximum atomic E-state index is 12.2. The first-order valence-electron chi connectivity index (χ1n) is 9.95. The minimum absolute atomic E-state index is 0.100. The molecule has 0 saturated heterocycles. The van der Waals surface area contributed by atoms with Crippen LogP contribution < -0.4 is 0 Å². The standard InChI is InChI=1S/C21H36O3/c1-3-4-10-17(2)20(23)14-12-18-13-15-21(24)19(18)11-8-6-5-7-9-16-22/h12,14,17-19,22H,3-11,13,15-16H2,1-2H3. The van der Waals surface area contributed by atoms with Crippen molar-refractivity contribution in [2.45, 2.75) is 84.5 Å². The number of aliphatic hydroxyl groups is 1. The minimum atomic E-state index is 0.100. The highest BCUT2D eigenvalue weighted by Gasteiger charge is 2.32. The van der Waals surface area contributed by atoms with Crippen LogP contribution in [0.5, 0.6) is 0 Å². The zero-order valence-electron chi connectivity index (χ0n) is 15.6. The highest BCUT2D eigenvalue weighted by Crippen LogP contribution is 2.34. The largest absolute Gasteiger partial charge is 0.396 e. The smallest absolute Gasteiger partial charge is 0.158 e. The van der Waals surface area contributed by atoms with Crippen LogP contribution >= 0.6 is 0 Å². The number of aliphatic hydroxyl groups excluding tert-OH is 1.